The summed E-state index contributed by atoms with van der Waals surface area (Å²) in [6.45, 7) is 1.34. The van der Waals surface area contributed by atoms with Crippen molar-refractivity contribution >= 4 is 11.7 Å². The second-order valence-electron chi connectivity index (χ2n) is 2.86. The SMILES string of the molecule is CC(=O)c1ccc(F)cc1C#CC(N)=O. The molecule has 0 aliphatic carbocycles. The lowest BCUT2D eigenvalue weighted by Gasteiger charge is -1.99. The molecule has 0 aliphatic heterocycles. The normalized spacial score (nSPS) is 8.93. The van der Waals surface area contributed by atoms with E-state index in [4.69, 9.17) is 5.73 Å². The number of Topliss-reactive ketones (excluding diaryl/α,β-unsaturated/α-hetero) is 1. The van der Waals surface area contributed by atoms with Gasteiger partial charge in [0.15, 0.2) is 5.78 Å². The highest BCUT2D eigenvalue weighted by atomic mass is 19.1. The molecule has 0 aromatic heterocycles. The largest absolute Gasteiger partial charge is 0.359 e. The average Bonchev–Trinajstić information content (AvgIpc) is 2.14. The molecule has 0 saturated carbocycles. The van der Waals surface area contributed by atoms with E-state index in [0.29, 0.717) is 0 Å². The summed E-state index contributed by atoms with van der Waals surface area (Å²) in [6, 6.07) is 3.57. The zero-order valence-corrected chi connectivity index (χ0v) is 8.00. The van der Waals surface area contributed by atoms with Crippen LogP contribution in [0.15, 0.2) is 18.2 Å². The molecule has 2 N–H and O–H groups in total. The van der Waals surface area contributed by atoms with Crippen molar-refractivity contribution in [2.45, 2.75) is 6.92 Å². The third-order valence-corrected chi connectivity index (χ3v) is 1.68. The van der Waals surface area contributed by atoms with E-state index in [2.05, 4.69) is 11.8 Å². The fourth-order valence-corrected chi connectivity index (χ4v) is 1.06. The molecular weight excluding hydrogens is 197 g/mol. The lowest BCUT2D eigenvalue weighted by molar-refractivity contribution is -0.112. The Morgan fingerprint density at radius 3 is 2.60 bits per heavy atom. The highest BCUT2D eigenvalue weighted by Gasteiger charge is 2.06. The molecule has 1 aromatic rings. The molecule has 0 fully saturated rings. The monoisotopic (exact) mass is 205 g/mol. The van der Waals surface area contributed by atoms with Crippen molar-refractivity contribution in [3.05, 3.63) is 35.1 Å². The number of rotatable bonds is 1. The number of primary amides is 1. The van der Waals surface area contributed by atoms with E-state index in [1.807, 2.05) is 0 Å². The fourth-order valence-electron chi connectivity index (χ4n) is 1.06. The quantitative estimate of drug-likeness (QED) is 0.546. The second kappa shape index (κ2) is 4.38. The van der Waals surface area contributed by atoms with Crippen LogP contribution in [0, 0.1) is 17.7 Å². The summed E-state index contributed by atoms with van der Waals surface area (Å²) in [4.78, 5) is 21.5. The Bertz CT molecular complexity index is 483. The Hall–Kier alpha value is -2.15. The van der Waals surface area contributed by atoms with Crippen molar-refractivity contribution in [3.8, 4) is 11.8 Å². The molecule has 0 bridgehead atoms. The molecule has 0 saturated heterocycles. The summed E-state index contributed by atoms with van der Waals surface area (Å²) in [6.07, 6.45) is 0. The predicted molar refractivity (Wildman–Crippen MR) is 52.5 cm³/mol. The van der Waals surface area contributed by atoms with Crippen LogP contribution in [0.1, 0.15) is 22.8 Å². The molecule has 0 atom stereocenters. The summed E-state index contributed by atoms with van der Waals surface area (Å²) < 4.78 is 12.8. The standard InChI is InChI=1S/C11H8FNO2/c1-7(14)10-4-3-9(12)6-8(10)2-5-11(13)15/h3-4,6H,1H3,(H2,13,15). The Morgan fingerprint density at radius 2 is 2.07 bits per heavy atom. The van der Waals surface area contributed by atoms with Gasteiger partial charge in [0.05, 0.1) is 0 Å². The second-order valence-corrected chi connectivity index (χ2v) is 2.86. The molecule has 4 heteroatoms. The molecular formula is C11H8FNO2. The van der Waals surface area contributed by atoms with E-state index in [1.54, 1.807) is 0 Å². The predicted octanol–water partition coefficient (Wildman–Crippen LogP) is 0.865. The molecule has 1 rings (SSSR count). The van der Waals surface area contributed by atoms with Crippen molar-refractivity contribution in [2.75, 3.05) is 0 Å². The van der Waals surface area contributed by atoms with Gasteiger partial charge in [0, 0.05) is 17.0 Å². The van der Waals surface area contributed by atoms with Crippen LogP contribution in [0.3, 0.4) is 0 Å². The summed E-state index contributed by atoms with van der Waals surface area (Å²) in [5.41, 5.74) is 5.25. The smallest absolute Gasteiger partial charge is 0.293 e. The molecule has 0 spiro atoms. The minimum atomic E-state index is -0.825. The van der Waals surface area contributed by atoms with E-state index >= 15 is 0 Å². The summed E-state index contributed by atoms with van der Waals surface area (Å²) in [5.74, 6) is 2.81. The van der Waals surface area contributed by atoms with Crippen LogP contribution < -0.4 is 5.73 Å². The van der Waals surface area contributed by atoms with Crippen molar-refractivity contribution in [1.29, 1.82) is 0 Å². The highest BCUT2D eigenvalue weighted by molar-refractivity contribution is 5.98. The minimum absolute atomic E-state index is 0.168. The summed E-state index contributed by atoms with van der Waals surface area (Å²) in [7, 11) is 0. The third kappa shape index (κ3) is 2.92. The Labute approximate surface area is 86.1 Å². The van der Waals surface area contributed by atoms with Gasteiger partial charge >= 0.3 is 0 Å². The van der Waals surface area contributed by atoms with Gasteiger partial charge in [-0.25, -0.2) is 4.39 Å². The Kier molecular flexibility index (Phi) is 3.19. The van der Waals surface area contributed by atoms with Gasteiger partial charge in [0.1, 0.15) is 5.82 Å². The van der Waals surface area contributed by atoms with Crippen LogP contribution in [-0.4, -0.2) is 11.7 Å². The minimum Gasteiger partial charge on any atom is -0.359 e. The molecule has 1 amide bonds. The number of carbonyl (C=O) groups excluding carboxylic acids is 2. The van der Waals surface area contributed by atoms with E-state index < -0.39 is 11.7 Å². The first-order chi connectivity index (χ1) is 7.00. The third-order valence-electron chi connectivity index (χ3n) is 1.68. The zero-order chi connectivity index (χ0) is 11.4. The number of carbonyl (C=O) groups is 2. The van der Waals surface area contributed by atoms with Gasteiger partial charge in [-0.05, 0) is 25.1 Å². The van der Waals surface area contributed by atoms with Gasteiger partial charge in [0.2, 0.25) is 0 Å². The lowest BCUT2D eigenvalue weighted by atomic mass is 10.0. The van der Waals surface area contributed by atoms with E-state index in [0.717, 1.165) is 12.1 Å². The molecule has 0 heterocycles. The van der Waals surface area contributed by atoms with E-state index in [-0.39, 0.29) is 16.9 Å². The molecule has 1 aromatic carbocycles. The summed E-state index contributed by atoms with van der Waals surface area (Å²) >= 11 is 0. The van der Waals surface area contributed by atoms with Crippen LogP contribution in [0.25, 0.3) is 0 Å². The van der Waals surface area contributed by atoms with Crippen molar-refractivity contribution in [3.63, 3.8) is 0 Å². The van der Waals surface area contributed by atoms with Gasteiger partial charge in [-0.2, -0.15) is 0 Å². The van der Waals surface area contributed by atoms with Gasteiger partial charge in [0.25, 0.3) is 5.91 Å². The molecule has 76 valence electrons. The number of hydrogen-bond donors (Lipinski definition) is 1. The highest BCUT2D eigenvalue weighted by Crippen LogP contribution is 2.10. The van der Waals surface area contributed by atoms with Gasteiger partial charge in [-0.15, -0.1) is 0 Å². The van der Waals surface area contributed by atoms with Crippen LogP contribution in [-0.2, 0) is 4.79 Å². The molecule has 15 heavy (non-hydrogen) atoms. The first kappa shape index (κ1) is 10.9. The van der Waals surface area contributed by atoms with Gasteiger partial charge in [-0.1, -0.05) is 5.92 Å². The number of benzene rings is 1. The maximum atomic E-state index is 12.8. The maximum absolute atomic E-state index is 12.8. The Balaban J connectivity index is 3.27. The topological polar surface area (TPSA) is 60.2 Å². The van der Waals surface area contributed by atoms with Gasteiger partial charge < -0.3 is 5.73 Å². The first-order valence-electron chi connectivity index (χ1n) is 4.12. The lowest BCUT2D eigenvalue weighted by Crippen LogP contribution is -2.06. The molecule has 0 radical (unpaired) electrons. The van der Waals surface area contributed by atoms with Crippen LogP contribution in [0.5, 0.6) is 0 Å². The Morgan fingerprint density at radius 1 is 1.40 bits per heavy atom. The van der Waals surface area contributed by atoms with Crippen molar-refractivity contribution in [1.82, 2.24) is 0 Å². The number of halogens is 1. The number of hydrogen-bond acceptors (Lipinski definition) is 2. The van der Waals surface area contributed by atoms with Crippen molar-refractivity contribution < 1.29 is 14.0 Å². The molecule has 3 nitrogen and oxygen atoms in total. The molecule has 0 unspecified atom stereocenters. The number of nitrogens with two attached hydrogens (primary N) is 1. The van der Waals surface area contributed by atoms with Crippen LogP contribution >= 0.6 is 0 Å². The van der Waals surface area contributed by atoms with E-state index in [9.17, 15) is 14.0 Å². The summed E-state index contributed by atoms with van der Waals surface area (Å²) in [5, 5.41) is 0. The zero-order valence-electron chi connectivity index (χ0n) is 8.00. The molecule has 0 aliphatic rings. The van der Waals surface area contributed by atoms with Crippen LogP contribution in [0.2, 0.25) is 0 Å². The average molecular weight is 205 g/mol. The van der Waals surface area contributed by atoms with Crippen molar-refractivity contribution in [2.24, 2.45) is 5.73 Å². The van der Waals surface area contributed by atoms with E-state index in [1.165, 1.54) is 13.0 Å². The maximum Gasteiger partial charge on any atom is 0.293 e. The van der Waals surface area contributed by atoms with Crippen LogP contribution in [0.4, 0.5) is 4.39 Å². The number of ketones is 1. The number of amides is 1. The first-order valence-corrected chi connectivity index (χ1v) is 4.12. The fraction of sp³-hybridized carbons (Fsp3) is 0.0909. The van der Waals surface area contributed by atoms with Gasteiger partial charge in [-0.3, -0.25) is 9.59 Å².